The lowest BCUT2D eigenvalue weighted by molar-refractivity contribution is -0.117. The summed E-state index contributed by atoms with van der Waals surface area (Å²) in [6, 6.07) is 16.6. The molecule has 1 aliphatic heterocycles. The van der Waals surface area contributed by atoms with Crippen molar-refractivity contribution >= 4 is 52.4 Å². The smallest absolute Gasteiger partial charge is 0.227 e. The molecule has 2 aromatic carbocycles. The largest absolute Gasteiger partial charge is 0.361 e. The summed E-state index contributed by atoms with van der Waals surface area (Å²) in [6.45, 7) is 2.37. The number of nitrogens with one attached hydrogen (secondary N) is 3. The molecule has 1 saturated heterocycles. The van der Waals surface area contributed by atoms with Crippen molar-refractivity contribution in [3.8, 4) is 0 Å². The molecule has 0 atom stereocenters. The van der Waals surface area contributed by atoms with E-state index >= 15 is 0 Å². The number of rotatable bonds is 7. The van der Waals surface area contributed by atoms with Gasteiger partial charge < -0.3 is 20.5 Å². The fourth-order valence-corrected chi connectivity index (χ4v) is 3.95. The zero-order valence-electron chi connectivity index (χ0n) is 17.9. The van der Waals surface area contributed by atoms with Crippen LogP contribution in [0.15, 0.2) is 59.7 Å². The van der Waals surface area contributed by atoms with Crippen LogP contribution in [0.5, 0.6) is 0 Å². The highest BCUT2D eigenvalue weighted by Gasteiger charge is 2.21. The molecular formula is C24H30IN5O. The number of guanidine groups is 1. The van der Waals surface area contributed by atoms with Crippen LogP contribution in [0.3, 0.4) is 0 Å². The van der Waals surface area contributed by atoms with Crippen molar-refractivity contribution in [2.75, 3.05) is 25.0 Å². The lowest BCUT2D eigenvalue weighted by Gasteiger charge is -2.16. The molecule has 0 unspecified atom stereocenters. The van der Waals surface area contributed by atoms with E-state index in [2.05, 4.69) is 63.2 Å². The predicted molar refractivity (Wildman–Crippen MR) is 138 cm³/mol. The number of H-pyrrole nitrogens is 1. The third-order valence-corrected chi connectivity index (χ3v) is 5.60. The van der Waals surface area contributed by atoms with Crippen LogP contribution in [-0.2, 0) is 17.8 Å². The Kier molecular flexibility index (Phi) is 8.34. The number of hydrogen-bond donors (Lipinski definition) is 3. The minimum atomic E-state index is 0. The van der Waals surface area contributed by atoms with Gasteiger partial charge in [-0.25, -0.2) is 0 Å². The molecular weight excluding hydrogens is 501 g/mol. The quantitative estimate of drug-likeness (QED) is 0.185. The molecule has 7 heteroatoms. The number of amides is 1. The molecule has 0 aliphatic carbocycles. The highest BCUT2D eigenvalue weighted by Crippen LogP contribution is 2.21. The zero-order valence-corrected chi connectivity index (χ0v) is 20.2. The molecule has 3 aromatic rings. The number of aromatic nitrogens is 1. The molecule has 164 valence electrons. The number of aromatic amines is 1. The van der Waals surface area contributed by atoms with Gasteiger partial charge in [0.25, 0.3) is 0 Å². The number of para-hydroxylation sites is 1. The number of halogens is 1. The van der Waals surface area contributed by atoms with Crippen molar-refractivity contribution in [1.29, 1.82) is 0 Å². The topological polar surface area (TPSA) is 72.5 Å². The van der Waals surface area contributed by atoms with E-state index in [-0.39, 0.29) is 29.9 Å². The summed E-state index contributed by atoms with van der Waals surface area (Å²) in [7, 11) is 1.79. The van der Waals surface area contributed by atoms with Gasteiger partial charge >= 0.3 is 0 Å². The Labute approximate surface area is 200 Å². The molecule has 2 heterocycles. The number of benzene rings is 2. The maximum Gasteiger partial charge on any atom is 0.227 e. The Morgan fingerprint density at radius 1 is 1.13 bits per heavy atom. The van der Waals surface area contributed by atoms with E-state index in [0.717, 1.165) is 49.6 Å². The van der Waals surface area contributed by atoms with Crippen LogP contribution in [0, 0.1) is 0 Å². The molecule has 0 saturated carbocycles. The monoisotopic (exact) mass is 531 g/mol. The second kappa shape index (κ2) is 11.2. The van der Waals surface area contributed by atoms with Crippen LogP contribution in [-0.4, -0.2) is 37.0 Å². The van der Waals surface area contributed by atoms with Crippen LogP contribution < -0.4 is 15.5 Å². The number of aliphatic imine (C=N–C) groups is 1. The number of hydrogen-bond acceptors (Lipinski definition) is 2. The fraction of sp³-hybridized carbons (Fsp3) is 0.333. The van der Waals surface area contributed by atoms with E-state index in [4.69, 9.17) is 0 Å². The standard InChI is InChI=1S/C24H29N5O.HI/c1-25-24(26-14-4-6-19-17-27-22-8-3-2-7-21(19)22)28-16-18-10-12-20(13-11-18)29-15-5-9-23(29)30;/h2-3,7-8,10-13,17,27H,4-6,9,14-16H2,1H3,(H2,25,26,28);1H. The summed E-state index contributed by atoms with van der Waals surface area (Å²) in [5.74, 6) is 1.02. The van der Waals surface area contributed by atoms with Gasteiger partial charge in [-0.05, 0) is 48.6 Å². The van der Waals surface area contributed by atoms with Gasteiger partial charge in [0.1, 0.15) is 0 Å². The highest BCUT2D eigenvalue weighted by molar-refractivity contribution is 14.0. The normalized spacial score (nSPS) is 14.0. The number of anilines is 1. The Balaban J connectivity index is 0.00000272. The lowest BCUT2D eigenvalue weighted by Crippen LogP contribution is -2.37. The Hall–Kier alpha value is -2.55. The molecule has 0 spiro atoms. The van der Waals surface area contributed by atoms with Crippen LogP contribution in [0.1, 0.15) is 30.4 Å². The summed E-state index contributed by atoms with van der Waals surface area (Å²) in [6.07, 6.45) is 5.76. The molecule has 0 bridgehead atoms. The maximum absolute atomic E-state index is 11.9. The van der Waals surface area contributed by atoms with Crippen molar-refractivity contribution in [2.45, 2.75) is 32.2 Å². The Morgan fingerprint density at radius 2 is 1.94 bits per heavy atom. The van der Waals surface area contributed by atoms with Gasteiger partial charge in [-0.2, -0.15) is 0 Å². The number of carbonyl (C=O) groups is 1. The average molecular weight is 531 g/mol. The van der Waals surface area contributed by atoms with Gasteiger partial charge in [0.05, 0.1) is 0 Å². The van der Waals surface area contributed by atoms with Crippen LogP contribution >= 0.6 is 24.0 Å². The van der Waals surface area contributed by atoms with Crippen molar-refractivity contribution in [1.82, 2.24) is 15.6 Å². The van der Waals surface area contributed by atoms with Gasteiger partial charge in [-0.3, -0.25) is 9.79 Å². The van der Waals surface area contributed by atoms with E-state index in [9.17, 15) is 4.79 Å². The molecule has 4 rings (SSSR count). The Morgan fingerprint density at radius 3 is 2.68 bits per heavy atom. The summed E-state index contributed by atoms with van der Waals surface area (Å²) in [4.78, 5) is 21.4. The molecule has 1 aromatic heterocycles. The molecule has 0 radical (unpaired) electrons. The van der Waals surface area contributed by atoms with Gasteiger partial charge in [-0.15, -0.1) is 24.0 Å². The third kappa shape index (κ3) is 5.78. The van der Waals surface area contributed by atoms with Crippen LogP contribution in [0.2, 0.25) is 0 Å². The summed E-state index contributed by atoms with van der Waals surface area (Å²) >= 11 is 0. The molecule has 1 aliphatic rings. The van der Waals surface area contributed by atoms with E-state index in [0.29, 0.717) is 13.0 Å². The van der Waals surface area contributed by atoms with Gasteiger partial charge in [0.15, 0.2) is 5.96 Å². The lowest BCUT2D eigenvalue weighted by atomic mass is 10.1. The number of fused-ring (bicyclic) bond motifs is 1. The number of nitrogens with zero attached hydrogens (tertiary/aromatic N) is 2. The number of carbonyl (C=O) groups excluding carboxylic acids is 1. The predicted octanol–water partition coefficient (Wildman–Crippen LogP) is 4.21. The van der Waals surface area contributed by atoms with E-state index < -0.39 is 0 Å². The SMILES string of the molecule is CN=C(NCCCc1c[nH]c2ccccc12)NCc1ccc(N2CCCC2=O)cc1.I. The summed E-state index contributed by atoms with van der Waals surface area (Å²) < 4.78 is 0. The highest BCUT2D eigenvalue weighted by atomic mass is 127. The molecule has 6 nitrogen and oxygen atoms in total. The molecule has 1 fully saturated rings. The first-order chi connectivity index (χ1) is 14.7. The van der Waals surface area contributed by atoms with Crippen molar-refractivity contribution in [3.05, 3.63) is 65.9 Å². The van der Waals surface area contributed by atoms with Crippen LogP contribution in [0.25, 0.3) is 10.9 Å². The summed E-state index contributed by atoms with van der Waals surface area (Å²) in [5, 5.41) is 8.05. The minimum absolute atomic E-state index is 0. The first kappa shape index (κ1) is 23.1. The van der Waals surface area contributed by atoms with Crippen LogP contribution in [0.4, 0.5) is 5.69 Å². The van der Waals surface area contributed by atoms with Gasteiger partial charge in [0, 0.05) is 55.9 Å². The first-order valence-corrected chi connectivity index (χ1v) is 10.6. The van der Waals surface area contributed by atoms with E-state index in [1.807, 2.05) is 17.0 Å². The number of aryl methyl sites for hydroxylation is 1. The first-order valence-electron chi connectivity index (χ1n) is 10.6. The van der Waals surface area contributed by atoms with E-state index in [1.165, 1.54) is 16.5 Å². The molecule has 31 heavy (non-hydrogen) atoms. The second-order valence-electron chi connectivity index (χ2n) is 7.63. The summed E-state index contributed by atoms with van der Waals surface area (Å²) in [5.41, 5.74) is 4.69. The zero-order chi connectivity index (χ0) is 20.8. The van der Waals surface area contributed by atoms with Crippen molar-refractivity contribution < 1.29 is 4.79 Å². The van der Waals surface area contributed by atoms with Crippen molar-refractivity contribution in [2.24, 2.45) is 4.99 Å². The maximum atomic E-state index is 11.9. The fourth-order valence-electron chi connectivity index (χ4n) is 3.95. The Bertz CT molecular complexity index is 1030. The van der Waals surface area contributed by atoms with Crippen molar-refractivity contribution in [3.63, 3.8) is 0 Å². The molecule has 3 N–H and O–H groups in total. The second-order valence-corrected chi connectivity index (χ2v) is 7.63. The minimum Gasteiger partial charge on any atom is -0.361 e. The van der Waals surface area contributed by atoms with Gasteiger partial charge in [-0.1, -0.05) is 30.3 Å². The third-order valence-electron chi connectivity index (χ3n) is 5.60. The van der Waals surface area contributed by atoms with Gasteiger partial charge in [0.2, 0.25) is 5.91 Å². The average Bonchev–Trinajstić information content (AvgIpc) is 3.40. The van der Waals surface area contributed by atoms with E-state index in [1.54, 1.807) is 7.05 Å². The molecule has 1 amide bonds.